The van der Waals surface area contributed by atoms with Gasteiger partial charge in [-0.3, -0.25) is 4.57 Å². The van der Waals surface area contributed by atoms with E-state index in [9.17, 15) is 0 Å². The molecule has 8 aromatic rings. The third-order valence-corrected chi connectivity index (χ3v) is 7.08. The smallest absolute Gasteiger partial charge is 0.164 e. The maximum atomic E-state index is 4.75. The van der Waals surface area contributed by atoms with E-state index < -0.39 is 0 Å². The van der Waals surface area contributed by atoms with Crippen LogP contribution in [0.4, 0.5) is 0 Å². The molecule has 0 atom stereocenters. The molecule has 0 unspecified atom stereocenters. The Kier molecular flexibility index (Phi) is 3.88. The average molecular weight is 462 g/mol. The van der Waals surface area contributed by atoms with E-state index >= 15 is 0 Å². The van der Waals surface area contributed by atoms with E-state index in [1.807, 2.05) is 12.1 Å². The van der Waals surface area contributed by atoms with E-state index in [1.54, 1.807) is 12.5 Å². The minimum Gasteiger partial charge on any atom is -0.309 e. The lowest BCUT2D eigenvalue weighted by molar-refractivity contribution is 1.06. The standard InChI is InChI=1S/C31H19N5/c1-2-9-20(10-3-1)35-26-14-6-4-11-21(26)24-18-29-25(17-28(24)35)22-12-5-7-15-27(22)36(29)31-23-13-8-16-32-30(23)33-19-34-31/h1-19H. The number of nitrogens with zero attached hydrogens (tertiary/aromatic N) is 5. The molecule has 4 aromatic carbocycles. The van der Waals surface area contributed by atoms with Crippen molar-refractivity contribution >= 4 is 54.6 Å². The van der Waals surface area contributed by atoms with E-state index in [0.717, 1.165) is 27.9 Å². The number of pyridine rings is 1. The molecule has 5 heteroatoms. The summed E-state index contributed by atoms with van der Waals surface area (Å²) in [6, 6.07) is 36.4. The fraction of sp³-hybridized carbons (Fsp3) is 0. The molecule has 168 valence electrons. The Morgan fingerprint density at radius 2 is 1.06 bits per heavy atom. The molecule has 0 amide bonds. The summed E-state index contributed by atoms with van der Waals surface area (Å²) in [6.07, 6.45) is 3.37. The van der Waals surface area contributed by atoms with Crippen LogP contribution in [0, 0.1) is 0 Å². The predicted octanol–water partition coefficient (Wildman–Crippen LogP) is 7.22. The van der Waals surface area contributed by atoms with Gasteiger partial charge in [-0.2, -0.15) is 0 Å². The number of hydrogen-bond donors (Lipinski definition) is 0. The van der Waals surface area contributed by atoms with E-state index in [2.05, 4.69) is 110 Å². The molecule has 36 heavy (non-hydrogen) atoms. The first kappa shape index (κ1) is 19.3. The van der Waals surface area contributed by atoms with Gasteiger partial charge in [0.1, 0.15) is 6.33 Å². The van der Waals surface area contributed by atoms with Crippen molar-refractivity contribution in [2.75, 3.05) is 0 Å². The molecule has 0 aliphatic rings. The zero-order chi connectivity index (χ0) is 23.6. The molecule has 5 nitrogen and oxygen atoms in total. The second-order valence-corrected chi connectivity index (χ2v) is 9.00. The molecule has 0 N–H and O–H groups in total. The second kappa shape index (κ2) is 7.23. The Hall–Kier alpha value is -5.03. The van der Waals surface area contributed by atoms with Crippen LogP contribution in [0.15, 0.2) is 116 Å². The minimum atomic E-state index is 0.690. The Labute approximate surface area is 205 Å². The first-order valence-corrected chi connectivity index (χ1v) is 12.0. The topological polar surface area (TPSA) is 48.5 Å². The number of rotatable bonds is 2. The van der Waals surface area contributed by atoms with E-state index in [0.29, 0.717) is 5.65 Å². The Bertz CT molecular complexity index is 2100. The molecular weight excluding hydrogens is 442 g/mol. The Morgan fingerprint density at radius 3 is 1.81 bits per heavy atom. The minimum absolute atomic E-state index is 0.690. The van der Waals surface area contributed by atoms with Crippen LogP contribution < -0.4 is 0 Å². The monoisotopic (exact) mass is 461 g/mol. The maximum Gasteiger partial charge on any atom is 0.164 e. The molecule has 4 heterocycles. The predicted molar refractivity (Wildman–Crippen MR) is 146 cm³/mol. The van der Waals surface area contributed by atoms with Crippen molar-refractivity contribution in [3.63, 3.8) is 0 Å². The summed E-state index contributed by atoms with van der Waals surface area (Å²) in [4.78, 5) is 13.6. The third-order valence-electron chi connectivity index (χ3n) is 7.08. The molecule has 0 aliphatic carbocycles. The van der Waals surface area contributed by atoms with E-state index in [4.69, 9.17) is 4.98 Å². The summed E-state index contributed by atoms with van der Waals surface area (Å²) in [6.45, 7) is 0. The van der Waals surface area contributed by atoms with Gasteiger partial charge < -0.3 is 4.57 Å². The quantitative estimate of drug-likeness (QED) is 0.273. The third kappa shape index (κ3) is 2.57. The molecule has 0 saturated heterocycles. The number of para-hydroxylation sites is 3. The lowest BCUT2D eigenvalue weighted by atomic mass is 10.1. The molecule has 8 rings (SSSR count). The Morgan fingerprint density at radius 1 is 0.444 bits per heavy atom. The van der Waals surface area contributed by atoms with Crippen LogP contribution >= 0.6 is 0 Å². The van der Waals surface area contributed by atoms with Gasteiger partial charge in [-0.1, -0.05) is 54.6 Å². The Balaban J connectivity index is 1.58. The molecule has 0 aliphatic heterocycles. The molecule has 4 aromatic heterocycles. The van der Waals surface area contributed by atoms with Gasteiger partial charge in [0.2, 0.25) is 0 Å². The van der Waals surface area contributed by atoms with Gasteiger partial charge in [-0.25, -0.2) is 15.0 Å². The van der Waals surface area contributed by atoms with Crippen LogP contribution in [0.5, 0.6) is 0 Å². The summed E-state index contributed by atoms with van der Waals surface area (Å²) < 4.78 is 4.62. The zero-order valence-corrected chi connectivity index (χ0v) is 19.2. The lowest BCUT2D eigenvalue weighted by Crippen LogP contribution is -2.00. The molecule has 0 fully saturated rings. The average Bonchev–Trinajstić information content (AvgIpc) is 3.44. The first-order chi connectivity index (χ1) is 17.9. The normalized spacial score (nSPS) is 11.9. The summed E-state index contributed by atoms with van der Waals surface area (Å²) in [7, 11) is 0. The van der Waals surface area contributed by atoms with Gasteiger partial charge in [-0.05, 0) is 48.5 Å². The zero-order valence-electron chi connectivity index (χ0n) is 19.2. The summed E-state index contributed by atoms with van der Waals surface area (Å²) >= 11 is 0. The summed E-state index contributed by atoms with van der Waals surface area (Å²) in [5.74, 6) is 0.838. The first-order valence-electron chi connectivity index (χ1n) is 12.0. The van der Waals surface area contributed by atoms with Crippen molar-refractivity contribution in [1.82, 2.24) is 24.1 Å². The lowest BCUT2D eigenvalue weighted by Gasteiger charge is -2.10. The molecular formula is C31H19N5. The van der Waals surface area contributed by atoms with Gasteiger partial charge in [0.25, 0.3) is 0 Å². The highest BCUT2D eigenvalue weighted by Crippen LogP contribution is 2.39. The van der Waals surface area contributed by atoms with Gasteiger partial charge in [0, 0.05) is 33.4 Å². The van der Waals surface area contributed by atoms with Crippen LogP contribution in [0.25, 0.3) is 66.2 Å². The fourth-order valence-corrected chi connectivity index (χ4v) is 5.57. The highest BCUT2D eigenvalue weighted by Gasteiger charge is 2.19. The van der Waals surface area contributed by atoms with Crippen molar-refractivity contribution in [1.29, 1.82) is 0 Å². The van der Waals surface area contributed by atoms with Crippen molar-refractivity contribution < 1.29 is 0 Å². The van der Waals surface area contributed by atoms with Gasteiger partial charge in [-0.15, -0.1) is 0 Å². The number of benzene rings is 4. The highest BCUT2D eigenvalue weighted by molar-refractivity contribution is 6.19. The van der Waals surface area contributed by atoms with E-state index in [1.165, 1.54) is 32.6 Å². The summed E-state index contributed by atoms with van der Waals surface area (Å²) in [5.41, 5.74) is 6.45. The van der Waals surface area contributed by atoms with Gasteiger partial charge >= 0.3 is 0 Å². The number of fused-ring (bicyclic) bond motifs is 7. The second-order valence-electron chi connectivity index (χ2n) is 9.00. The SMILES string of the molecule is c1ccc(-n2c3ccccc3c3cc4c(cc32)c2ccccc2n4-c2ncnc3ncccc23)cc1. The maximum absolute atomic E-state index is 4.75. The van der Waals surface area contributed by atoms with Gasteiger partial charge in [0.15, 0.2) is 11.5 Å². The largest absolute Gasteiger partial charge is 0.309 e. The van der Waals surface area contributed by atoms with Crippen molar-refractivity contribution in [2.24, 2.45) is 0 Å². The van der Waals surface area contributed by atoms with Crippen molar-refractivity contribution in [3.05, 3.63) is 116 Å². The molecule has 0 spiro atoms. The number of aromatic nitrogens is 5. The molecule has 0 radical (unpaired) electrons. The van der Waals surface area contributed by atoms with Crippen LogP contribution in [-0.4, -0.2) is 24.1 Å². The molecule has 0 bridgehead atoms. The van der Waals surface area contributed by atoms with Crippen LogP contribution in [0.2, 0.25) is 0 Å². The van der Waals surface area contributed by atoms with Crippen LogP contribution in [-0.2, 0) is 0 Å². The van der Waals surface area contributed by atoms with Crippen LogP contribution in [0.1, 0.15) is 0 Å². The van der Waals surface area contributed by atoms with Gasteiger partial charge in [0.05, 0.1) is 27.5 Å². The number of hydrogen-bond acceptors (Lipinski definition) is 3. The molecule has 0 saturated carbocycles. The fourth-order valence-electron chi connectivity index (χ4n) is 5.57. The summed E-state index contributed by atoms with van der Waals surface area (Å²) in [5, 5.41) is 5.74. The van der Waals surface area contributed by atoms with Crippen molar-refractivity contribution in [2.45, 2.75) is 0 Å². The van der Waals surface area contributed by atoms with E-state index in [-0.39, 0.29) is 0 Å². The van der Waals surface area contributed by atoms with Crippen LogP contribution in [0.3, 0.4) is 0 Å². The highest BCUT2D eigenvalue weighted by atomic mass is 15.1. The van der Waals surface area contributed by atoms with Crippen molar-refractivity contribution in [3.8, 4) is 11.5 Å².